The van der Waals surface area contributed by atoms with Crippen LogP contribution >= 0.6 is 0 Å². The van der Waals surface area contributed by atoms with Crippen LogP contribution in [0.4, 0.5) is 5.82 Å². The number of anilines is 1. The van der Waals surface area contributed by atoms with E-state index in [4.69, 9.17) is 5.73 Å². The number of nitrogens with two attached hydrogens (primary N) is 1. The summed E-state index contributed by atoms with van der Waals surface area (Å²) in [5, 5.41) is 0. The molecule has 1 saturated heterocycles. The standard InChI is InChI=1S/C13H22N4/c1-10-9-17(8-7-16(10)3)13-12(11(2)14)5-4-6-15-13/h4-6,10-11H,7-9,14H2,1-3H3/t10?,11-/m0/s1. The molecule has 2 N–H and O–H groups in total. The fourth-order valence-electron chi connectivity index (χ4n) is 2.27. The molecule has 0 saturated carbocycles. The van der Waals surface area contributed by atoms with E-state index in [0.717, 1.165) is 31.0 Å². The summed E-state index contributed by atoms with van der Waals surface area (Å²) in [7, 11) is 2.17. The van der Waals surface area contributed by atoms with Gasteiger partial charge in [-0.25, -0.2) is 4.98 Å². The van der Waals surface area contributed by atoms with Gasteiger partial charge in [0, 0.05) is 43.5 Å². The summed E-state index contributed by atoms with van der Waals surface area (Å²) in [5.41, 5.74) is 7.15. The first-order valence-electron chi connectivity index (χ1n) is 6.25. The van der Waals surface area contributed by atoms with E-state index in [0.29, 0.717) is 6.04 Å². The van der Waals surface area contributed by atoms with Gasteiger partial charge in [0.25, 0.3) is 0 Å². The molecule has 1 unspecified atom stereocenters. The van der Waals surface area contributed by atoms with Gasteiger partial charge in [-0.1, -0.05) is 6.07 Å². The van der Waals surface area contributed by atoms with Crippen LogP contribution in [-0.4, -0.2) is 42.6 Å². The lowest BCUT2D eigenvalue weighted by Crippen LogP contribution is -2.50. The lowest BCUT2D eigenvalue weighted by atomic mass is 10.1. The molecule has 2 rings (SSSR count). The Kier molecular flexibility index (Phi) is 3.64. The van der Waals surface area contributed by atoms with Crippen LogP contribution in [0.2, 0.25) is 0 Å². The molecule has 94 valence electrons. The Morgan fingerprint density at radius 1 is 1.47 bits per heavy atom. The van der Waals surface area contributed by atoms with E-state index in [1.165, 1.54) is 0 Å². The Bertz CT molecular complexity index is 377. The van der Waals surface area contributed by atoms with Crippen LogP contribution in [0.25, 0.3) is 0 Å². The molecule has 4 heteroatoms. The molecule has 2 heterocycles. The highest BCUT2D eigenvalue weighted by atomic mass is 15.3. The summed E-state index contributed by atoms with van der Waals surface area (Å²) in [6.45, 7) is 7.39. The zero-order chi connectivity index (χ0) is 12.4. The van der Waals surface area contributed by atoms with Crippen LogP contribution in [0.1, 0.15) is 25.5 Å². The van der Waals surface area contributed by atoms with E-state index in [2.05, 4.69) is 34.8 Å². The van der Waals surface area contributed by atoms with Crippen LogP contribution in [0, 0.1) is 0 Å². The van der Waals surface area contributed by atoms with Crippen molar-refractivity contribution in [1.29, 1.82) is 0 Å². The summed E-state index contributed by atoms with van der Waals surface area (Å²) in [6, 6.07) is 4.64. The SMILES string of the molecule is CC1CN(c2ncccc2[C@H](C)N)CCN1C. The first kappa shape index (κ1) is 12.3. The van der Waals surface area contributed by atoms with Gasteiger partial charge in [-0.05, 0) is 27.0 Å². The maximum atomic E-state index is 6.01. The molecular weight excluding hydrogens is 212 g/mol. The lowest BCUT2D eigenvalue weighted by molar-refractivity contribution is 0.233. The van der Waals surface area contributed by atoms with Crippen LogP contribution in [0.5, 0.6) is 0 Å². The van der Waals surface area contributed by atoms with Crippen LogP contribution in [-0.2, 0) is 0 Å². The second-order valence-electron chi connectivity index (χ2n) is 4.98. The van der Waals surface area contributed by atoms with Gasteiger partial charge in [-0.3, -0.25) is 0 Å². The van der Waals surface area contributed by atoms with E-state index < -0.39 is 0 Å². The van der Waals surface area contributed by atoms with Crippen molar-refractivity contribution in [2.45, 2.75) is 25.9 Å². The molecule has 1 aromatic heterocycles. The summed E-state index contributed by atoms with van der Waals surface area (Å²) in [5.74, 6) is 1.06. The maximum absolute atomic E-state index is 6.01. The van der Waals surface area contributed by atoms with Crippen molar-refractivity contribution in [2.75, 3.05) is 31.6 Å². The van der Waals surface area contributed by atoms with Crippen molar-refractivity contribution < 1.29 is 0 Å². The fourth-order valence-corrected chi connectivity index (χ4v) is 2.27. The van der Waals surface area contributed by atoms with Crippen LogP contribution in [0.15, 0.2) is 18.3 Å². The molecule has 0 aliphatic carbocycles. The van der Waals surface area contributed by atoms with E-state index in [1.54, 1.807) is 0 Å². The minimum Gasteiger partial charge on any atom is -0.354 e. The first-order chi connectivity index (χ1) is 8.09. The summed E-state index contributed by atoms with van der Waals surface area (Å²) in [4.78, 5) is 9.24. The Labute approximate surface area is 103 Å². The Hall–Kier alpha value is -1.13. The third-order valence-corrected chi connectivity index (χ3v) is 3.57. The predicted molar refractivity (Wildman–Crippen MR) is 71.1 cm³/mol. The minimum atomic E-state index is 0.0358. The smallest absolute Gasteiger partial charge is 0.133 e. The molecule has 0 radical (unpaired) electrons. The average molecular weight is 234 g/mol. The van der Waals surface area contributed by atoms with E-state index in [9.17, 15) is 0 Å². The number of hydrogen-bond acceptors (Lipinski definition) is 4. The van der Waals surface area contributed by atoms with Crippen molar-refractivity contribution in [3.05, 3.63) is 23.9 Å². The van der Waals surface area contributed by atoms with E-state index in [-0.39, 0.29) is 6.04 Å². The Balaban J connectivity index is 2.22. The molecule has 17 heavy (non-hydrogen) atoms. The first-order valence-corrected chi connectivity index (χ1v) is 6.25. The summed E-state index contributed by atoms with van der Waals surface area (Å²) >= 11 is 0. The van der Waals surface area contributed by atoms with Gasteiger partial charge in [-0.2, -0.15) is 0 Å². The van der Waals surface area contributed by atoms with Gasteiger partial charge in [0.2, 0.25) is 0 Å². The molecule has 1 aliphatic rings. The number of rotatable bonds is 2. The number of nitrogens with zero attached hydrogens (tertiary/aromatic N) is 3. The Morgan fingerprint density at radius 2 is 2.24 bits per heavy atom. The van der Waals surface area contributed by atoms with Gasteiger partial charge in [0.1, 0.15) is 5.82 Å². The third-order valence-electron chi connectivity index (χ3n) is 3.57. The van der Waals surface area contributed by atoms with Crippen molar-refractivity contribution in [1.82, 2.24) is 9.88 Å². The van der Waals surface area contributed by atoms with Crippen molar-refractivity contribution >= 4 is 5.82 Å². The predicted octanol–water partition coefficient (Wildman–Crippen LogP) is 1.24. The van der Waals surface area contributed by atoms with Gasteiger partial charge in [-0.15, -0.1) is 0 Å². The maximum Gasteiger partial charge on any atom is 0.133 e. The molecular formula is C13H22N4. The summed E-state index contributed by atoms with van der Waals surface area (Å²) in [6.07, 6.45) is 1.85. The van der Waals surface area contributed by atoms with E-state index >= 15 is 0 Å². The third kappa shape index (κ3) is 2.58. The lowest BCUT2D eigenvalue weighted by Gasteiger charge is -2.39. The zero-order valence-electron chi connectivity index (χ0n) is 10.9. The normalized spacial score (nSPS) is 23.8. The molecule has 0 spiro atoms. The monoisotopic (exact) mass is 234 g/mol. The molecule has 4 nitrogen and oxygen atoms in total. The van der Waals surface area contributed by atoms with Crippen LogP contribution in [0.3, 0.4) is 0 Å². The highest BCUT2D eigenvalue weighted by Gasteiger charge is 2.23. The van der Waals surface area contributed by atoms with Gasteiger partial charge in [0.15, 0.2) is 0 Å². The molecule has 0 aromatic carbocycles. The number of pyridine rings is 1. The zero-order valence-corrected chi connectivity index (χ0v) is 10.9. The van der Waals surface area contributed by atoms with Crippen molar-refractivity contribution in [3.8, 4) is 0 Å². The number of likely N-dealkylation sites (N-methyl/N-ethyl adjacent to an activating group) is 1. The molecule has 1 aromatic rings. The van der Waals surface area contributed by atoms with E-state index in [1.807, 2.05) is 19.2 Å². The second-order valence-corrected chi connectivity index (χ2v) is 4.98. The molecule has 2 atom stereocenters. The van der Waals surface area contributed by atoms with Gasteiger partial charge < -0.3 is 15.5 Å². The van der Waals surface area contributed by atoms with Crippen molar-refractivity contribution in [3.63, 3.8) is 0 Å². The number of aromatic nitrogens is 1. The second kappa shape index (κ2) is 5.02. The minimum absolute atomic E-state index is 0.0358. The average Bonchev–Trinajstić information content (AvgIpc) is 2.32. The van der Waals surface area contributed by atoms with Gasteiger partial charge >= 0.3 is 0 Å². The largest absolute Gasteiger partial charge is 0.354 e. The quantitative estimate of drug-likeness (QED) is 0.836. The molecule has 1 aliphatic heterocycles. The highest BCUT2D eigenvalue weighted by molar-refractivity contribution is 5.48. The highest BCUT2D eigenvalue weighted by Crippen LogP contribution is 2.24. The van der Waals surface area contributed by atoms with Crippen LogP contribution < -0.4 is 10.6 Å². The van der Waals surface area contributed by atoms with Gasteiger partial charge in [0.05, 0.1) is 0 Å². The molecule has 0 bridgehead atoms. The fraction of sp³-hybridized carbons (Fsp3) is 0.615. The number of hydrogen-bond donors (Lipinski definition) is 1. The summed E-state index contributed by atoms with van der Waals surface area (Å²) < 4.78 is 0. The molecule has 0 amide bonds. The number of piperazine rings is 1. The topological polar surface area (TPSA) is 45.4 Å². The Morgan fingerprint density at radius 3 is 2.88 bits per heavy atom. The molecule has 1 fully saturated rings. The van der Waals surface area contributed by atoms with Crippen molar-refractivity contribution in [2.24, 2.45) is 5.73 Å².